The van der Waals surface area contributed by atoms with Crippen molar-refractivity contribution in [3.05, 3.63) is 27.2 Å². The molecule has 0 unspecified atom stereocenters. The summed E-state index contributed by atoms with van der Waals surface area (Å²) in [5, 5.41) is 15.2. The summed E-state index contributed by atoms with van der Waals surface area (Å²) in [5.41, 5.74) is 0.409. The fourth-order valence-corrected chi connectivity index (χ4v) is 1.68. The molecule has 1 aromatic rings. The van der Waals surface area contributed by atoms with Crippen molar-refractivity contribution in [1.82, 2.24) is 15.1 Å². The van der Waals surface area contributed by atoms with Crippen LogP contribution in [-0.4, -0.2) is 32.8 Å². The van der Waals surface area contributed by atoms with Crippen LogP contribution in [0, 0.1) is 13.8 Å². The predicted molar refractivity (Wildman–Crippen MR) is 68.1 cm³/mol. The molecule has 0 spiro atoms. The molecule has 1 aromatic heterocycles. The second-order valence-corrected chi connectivity index (χ2v) is 4.29. The summed E-state index contributed by atoms with van der Waals surface area (Å²) in [6.45, 7) is 4.93. The summed E-state index contributed by atoms with van der Waals surface area (Å²) >= 11 is 0. The molecule has 104 valence electrons. The standard InChI is InChI=1S/C12H17N3O4/c1-5-8(12(18)19)13-10(16)9-6(2)7(3)14-15(4)11(9)17/h8H,5H2,1-4H3,(H,13,16)(H,18,19)/t8-/m0/s1. The van der Waals surface area contributed by atoms with Crippen molar-refractivity contribution in [1.29, 1.82) is 0 Å². The monoisotopic (exact) mass is 267 g/mol. The molecule has 0 aliphatic carbocycles. The van der Waals surface area contributed by atoms with E-state index in [0.717, 1.165) is 4.68 Å². The Morgan fingerprint density at radius 2 is 2.00 bits per heavy atom. The van der Waals surface area contributed by atoms with Gasteiger partial charge in [0.2, 0.25) is 0 Å². The van der Waals surface area contributed by atoms with Crippen LogP contribution in [0.2, 0.25) is 0 Å². The van der Waals surface area contributed by atoms with Gasteiger partial charge in [-0.2, -0.15) is 5.10 Å². The van der Waals surface area contributed by atoms with Crippen molar-refractivity contribution in [3.63, 3.8) is 0 Å². The maximum absolute atomic E-state index is 12.0. The molecule has 1 amide bonds. The van der Waals surface area contributed by atoms with Crippen molar-refractivity contribution < 1.29 is 14.7 Å². The number of hydrogen-bond donors (Lipinski definition) is 2. The second kappa shape index (κ2) is 5.64. The van der Waals surface area contributed by atoms with Crippen LogP contribution < -0.4 is 10.9 Å². The molecule has 19 heavy (non-hydrogen) atoms. The van der Waals surface area contributed by atoms with Gasteiger partial charge in [0.05, 0.1) is 5.69 Å². The van der Waals surface area contributed by atoms with Crippen LogP contribution in [-0.2, 0) is 11.8 Å². The normalized spacial score (nSPS) is 12.0. The molecular formula is C12H17N3O4. The van der Waals surface area contributed by atoms with Crippen molar-refractivity contribution in [2.45, 2.75) is 33.2 Å². The van der Waals surface area contributed by atoms with Crippen LogP contribution in [0.4, 0.5) is 0 Å². The van der Waals surface area contributed by atoms with Gasteiger partial charge in [0.25, 0.3) is 11.5 Å². The fourth-order valence-electron chi connectivity index (χ4n) is 1.68. The summed E-state index contributed by atoms with van der Waals surface area (Å²) in [5.74, 6) is -1.81. The number of aromatic nitrogens is 2. The topological polar surface area (TPSA) is 101 Å². The van der Waals surface area contributed by atoms with Gasteiger partial charge in [-0.05, 0) is 25.8 Å². The summed E-state index contributed by atoms with van der Waals surface area (Å²) in [7, 11) is 1.44. The SMILES string of the molecule is CC[C@H](NC(=O)c1c(C)c(C)nn(C)c1=O)C(=O)O. The van der Waals surface area contributed by atoms with Gasteiger partial charge < -0.3 is 10.4 Å². The van der Waals surface area contributed by atoms with Crippen LogP contribution >= 0.6 is 0 Å². The zero-order chi connectivity index (χ0) is 14.7. The van der Waals surface area contributed by atoms with Gasteiger partial charge in [-0.25, -0.2) is 9.48 Å². The number of carboxylic acids is 1. The van der Waals surface area contributed by atoms with Crippen LogP contribution in [0.3, 0.4) is 0 Å². The third kappa shape index (κ3) is 2.98. The molecule has 0 aliphatic rings. The Hall–Kier alpha value is -2.18. The third-order valence-corrected chi connectivity index (χ3v) is 2.96. The minimum absolute atomic E-state index is 0.0605. The maximum atomic E-state index is 12.0. The number of carbonyl (C=O) groups is 2. The number of amides is 1. The van der Waals surface area contributed by atoms with Crippen LogP contribution in [0.1, 0.15) is 35.0 Å². The van der Waals surface area contributed by atoms with Gasteiger partial charge in [0.1, 0.15) is 11.6 Å². The molecule has 7 heteroatoms. The van der Waals surface area contributed by atoms with Gasteiger partial charge in [0.15, 0.2) is 0 Å². The van der Waals surface area contributed by atoms with E-state index in [0.29, 0.717) is 11.3 Å². The molecule has 1 atom stereocenters. The first-order valence-corrected chi connectivity index (χ1v) is 5.87. The highest BCUT2D eigenvalue weighted by atomic mass is 16.4. The zero-order valence-electron chi connectivity index (χ0n) is 11.4. The molecular weight excluding hydrogens is 250 g/mol. The first kappa shape index (κ1) is 14.9. The molecule has 0 saturated carbocycles. The smallest absolute Gasteiger partial charge is 0.326 e. The van der Waals surface area contributed by atoms with Gasteiger partial charge >= 0.3 is 5.97 Å². The summed E-state index contributed by atoms with van der Waals surface area (Å²) in [4.78, 5) is 34.9. The van der Waals surface area contributed by atoms with E-state index in [1.807, 2.05) is 0 Å². The maximum Gasteiger partial charge on any atom is 0.326 e. The molecule has 0 aliphatic heterocycles. The van der Waals surface area contributed by atoms with Crippen molar-refractivity contribution in [2.24, 2.45) is 7.05 Å². The predicted octanol–water partition coefficient (Wildman–Crippen LogP) is -0.00986. The number of nitrogens with one attached hydrogen (secondary N) is 1. The minimum Gasteiger partial charge on any atom is -0.480 e. The quantitative estimate of drug-likeness (QED) is 0.799. The van der Waals surface area contributed by atoms with Gasteiger partial charge in [0, 0.05) is 7.05 Å². The highest BCUT2D eigenvalue weighted by Gasteiger charge is 2.23. The van der Waals surface area contributed by atoms with Gasteiger partial charge in [-0.15, -0.1) is 0 Å². The molecule has 0 aromatic carbocycles. The van der Waals surface area contributed by atoms with E-state index in [2.05, 4.69) is 10.4 Å². The second-order valence-electron chi connectivity index (χ2n) is 4.29. The van der Waals surface area contributed by atoms with Crippen molar-refractivity contribution in [3.8, 4) is 0 Å². The number of carbonyl (C=O) groups excluding carboxylic acids is 1. The van der Waals surface area contributed by atoms with E-state index in [1.165, 1.54) is 7.05 Å². The molecule has 1 rings (SSSR count). The minimum atomic E-state index is -1.13. The lowest BCUT2D eigenvalue weighted by atomic mass is 10.1. The number of aliphatic carboxylic acids is 1. The Morgan fingerprint density at radius 3 is 2.47 bits per heavy atom. The first-order chi connectivity index (χ1) is 8.79. The van der Waals surface area contributed by atoms with Crippen LogP contribution in [0.15, 0.2) is 4.79 Å². The Balaban J connectivity index is 3.21. The molecule has 0 saturated heterocycles. The molecule has 7 nitrogen and oxygen atoms in total. The number of rotatable bonds is 4. The lowest BCUT2D eigenvalue weighted by Crippen LogP contribution is -2.43. The van der Waals surface area contributed by atoms with E-state index in [4.69, 9.17) is 5.11 Å². The highest BCUT2D eigenvalue weighted by Crippen LogP contribution is 2.06. The van der Waals surface area contributed by atoms with Gasteiger partial charge in [-0.3, -0.25) is 9.59 Å². The Bertz CT molecular complexity index is 577. The first-order valence-electron chi connectivity index (χ1n) is 5.87. The lowest BCUT2D eigenvalue weighted by molar-refractivity contribution is -0.139. The largest absolute Gasteiger partial charge is 0.480 e. The van der Waals surface area contributed by atoms with Crippen molar-refractivity contribution >= 4 is 11.9 Å². The number of aryl methyl sites for hydroxylation is 2. The third-order valence-electron chi connectivity index (χ3n) is 2.96. The summed E-state index contributed by atoms with van der Waals surface area (Å²) in [6, 6.07) is -1.01. The highest BCUT2D eigenvalue weighted by molar-refractivity contribution is 5.97. The van der Waals surface area contributed by atoms with E-state index in [9.17, 15) is 14.4 Å². The Labute approximate surface area is 110 Å². The Kier molecular flexibility index (Phi) is 4.42. The molecule has 0 radical (unpaired) electrons. The lowest BCUT2D eigenvalue weighted by Gasteiger charge is -2.14. The van der Waals surface area contributed by atoms with Crippen molar-refractivity contribution in [2.75, 3.05) is 0 Å². The molecule has 1 heterocycles. The Morgan fingerprint density at radius 1 is 1.42 bits per heavy atom. The van der Waals surface area contributed by atoms with E-state index < -0.39 is 23.5 Å². The molecule has 2 N–H and O–H groups in total. The van der Waals surface area contributed by atoms with E-state index in [1.54, 1.807) is 20.8 Å². The number of carboxylic acid groups (broad SMARTS) is 1. The average Bonchev–Trinajstić information content (AvgIpc) is 2.33. The number of hydrogen-bond acceptors (Lipinski definition) is 4. The fraction of sp³-hybridized carbons (Fsp3) is 0.500. The summed E-state index contributed by atoms with van der Waals surface area (Å²) < 4.78 is 1.07. The number of nitrogens with zero attached hydrogens (tertiary/aromatic N) is 2. The van der Waals surface area contributed by atoms with Gasteiger partial charge in [-0.1, -0.05) is 6.92 Å². The van der Waals surface area contributed by atoms with E-state index >= 15 is 0 Å². The average molecular weight is 267 g/mol. The molecule has 0 fully saturated rings. The zero-order valence-corrected chi connectivity index (χ0v) is 11.4. The van der Waals surface area contributed by atoms with E-state index in [-0.39, 0.29) is 12.0 Å². The summed E-state index contributed by atoms with van der Waals surface area (Å²) in [6.07, 6.45) is 0.241. The van der Waals surface area contributed by atoms with Crippen LogP contribution in [0.25, 0.3) is 0 Å². The van der Waals surface area contributed by atoms with Crippen LogP contribution in [0.5, 0.6) is 0 Å². The molecule has 0 bridgehead atoms.